The van der Waals surface area contributed by atoms with Gasteiger partial charge in [-0.15, -0.1) is 0 Å². The monoisotopic (exact) mass is 232 g/mol. The number of likely N-dealkylation sites (N-methyl/N-ethyl adjacent to an activating group) is 1. The summed E-state index contributed by atoms with van der Waals surface area (Å²) < 4.78 is 0. The Morgan fingerprint density at radius 3 is 2.88 bits per heavy atom. The summed E-state index contributed by atoms with van der Waals surface area (Å²) in [6, 6.07) is 7.02. The Labute approximate surface area is 97.3 Å². The summed E-state index contributed by atoms with van der Waals surface area (Å²) in [5, 5.41) is 10.1. The lowest BCUT2D eigenvalue weighted by molar-refractivity contribution is -0.135. The third-order valence-corrected chi connectivity index (χ3v) is 2.57. The van der Waals surface area contributed by atoms with Crippen LogP contribution >= 0.6 is 0 Å². The number of hydrogen-bond acceptors (Lipinski definition) is 3. The predicted octanol–water partition coefficient (Wildman–Crippen LogP) is 1.05. The highest BCUT2D eigenvalue weighted by Gasteiger charge is 2.06. The average molecular weight is 232 g/mol. The van der Waals surface area contributed by atoms with E-state index in [4.69, 9.17) is 5.11 Å². The first-order valence-electron chi connectivity index (χ1n) is 5.12. The molecule has 2 aromatic rings. The van der Waals surface area contributed by atoms with Crippen molar-refractivity contribution in [2.45, 2.75) is 0 Å². The zero-order chi connectivity index (χ0) is 12.4. The van der Waals surface area contributed by atoms with Gasteiger partial charge in [-0.05, 0) is 29.7 Å². The van der Waals surface area contributed by atoms with Crippen LogP contribution < -0.4 is 10.5 Å². The third kappa shape index (κ3) is 2.28. The van der Waals surface area contributed by atoms with Crippen LogP contribution in [0.2, 0.25) is 0 Å². The van der Waals surface area contributed by atoms with Crippen LogP contribution in [-0.2, 0) is 4.79 Å². The maximum absolute atomic E-state index is 11.5. The molecule has 0 atom stereocenters. The zero-order valence-electron chi connectivity index (χ0n) is 9.30. The van der Waals surface area contributed by atoms with E-state index in [1.165, 1.54) is 0 Å². The number of carboxylic acid groups (broad SMARTS) is 1. The van der Waals surface area contributed by atoms with Gasteiger partial charge in [0.1, 0.15) is 6.54 Å². The number of anilines is 1. The molecule has 0 saturated heterocycles. The molecule has 0 radical (unpaired) electrons. The van der Waals surface area contributed by atoms with E-state index in [-0.39, 0.29) is 12.1 Å². The molecule has 0 bridgehead atoms. The third-order valence-electron chi connectivity index (χ3n) is 2.57. The van der Waals surface area contributed by atoms with E-state index in [2.05, 4.69) is 4.98 Å². The fourth-order valence-electron chi connectivity index (χ4n) is 1.71. The fraction of sp³-hybridized carbons (Fsp3) is 0.167. The summed E-state index contributed by atoms with van der Waals surface area (Å²) >= 11 is 0. The number of benzene rings is 1. The summed E-state index contributed by atoms with van der Waals surface area (Å²) in [5.41, 5.74) is 0.625. The Bertz CT molecular complexity index is 618. The molecular weight excluding hydrogens is 220 g/mol. The molecule has 1 aromatic carbocycles. The molecule has 88 valence electrons. The first-order valence-corrected chi connectivity index (χ1v) is 5.12. The van der Waals surface area contributed by atoms with Gasteiger partial charge < -0.3 is 15.0 Å². The van der Waals surface area contributed by atoms with E-state index in [1.54, 1.807) is 42.4 Å². The molecule has 5 heteroatoms. The van der Waals surface area contributed by atoms with E-state index >= 15 is 0 Å². The second kappa shape index (κ2) is 4.29. The van der Waals surface area contributed by atoms with Gasteiger partial charge in [0.15, 0.2) is 0 Å². The topological polar surface area (TPSA) is 73.4 Å². The van der Waals surface area contributed by atoms with Crippen LogP contribution in [0, 0.1) is 0 Å². The molecule has 0 saturated carbocycles. The van der Waals surface area contributed by atoms with Gasteiger partial charge in [0, 0.05) is 24.3 Å². The van der Waals surface area contributed by atoms with Gasteiger partial charge in [0.2, 0.25) is 0 Å². The van der Waals surface area contributed by atoms with Crippen molar-refractivity contribution in [1.82, 2.24) is 4.98 Å². The number of aromatic amines is 1. The molecule has 2 rings (SSSR count). The van der Waals surface area contributed by atoms with Gasteiger partial charge in [0.25, 0.3) is 5.56 Å². The number of aliphatic carboxylic acids is 1. The van der Waals surface area contributed by atoms with E-state index in [0.29, 0.717) is 5.39 Å². The number of H-pyrrole nitrogens is 1. The van der Waals surface area contributed by atoms with Crippen molar-refractivity contribution < 1.29 is 9.90 Å². The maximum Gasteiger partial charge on any atom is 0.323 e. The molecule has 0 unspecified atom stereocenters. The second-order valence-electron chi connectivity index (χ2n) is 3.83. The standard InChI is InChI=1S/C12H12N2O3/c1-14(7-11(15)16)9-2-3-10-8(6-9)4-5-13-12(10)17/h2-6H,7H2,1H3,(H,13,17)(H,15,16). The highest BCUT2D eigenvalue weighted by molar-refractivity contribution is 5.85. The first-order chi connectivity index (χ1) is 8.08. The van der Waals surface area contributed by atoms with E-state index in [1.807, 2.05) is 0 Å². The summed E-state index contributed by atoms with van der Waals surface area (Å²) in [5.74, 6) is -0.890. The molecule has 17 heavy (non-hydrogen) atoms. The summed E-state index contributed by atoms with van der Waals surface area (Å²) in [4.78, 5) is 26.3. The average Bonchev–Trinajstić information content (AvgIpc) is 2.28. The van der Waals surface area contributed by atoms with Gasteiger partial charge in [-0.2, -0.15) is 0 Å². The molecular formula is C12H12N2O3. The van der Waals surface area contributed by atoms with Gasteiger partial charge in [-0.1, -0.05) is 0 Å². The largest absolute Gasteiger partial charge is 0.480 e. The molecule has 0 aliphatic carbocycles. The Hall–Kier alpha value is -2.30. The normalized spacial score (nSPS) is 10.4. The number of aromatic nitrogens is 1. The lowest BCUT2D eigenvalue weighted by Gasteiger charge is -2.16. The van der Waals surface area contributed by atoms with Crippen molar-refractivity contribution in [3.8, 4) is 0 Å². The van der Waals surface area contributed by atoms with Crippen LogP contribution in [0.1, 0.15) is 0 Å². The van der Waals surface area contributed by atoms with Gasteiger partial charge in [-0.25, -0.2) is 0 Å². The molecule has 1 aromatic heterocycles. The lowest BCUT2D eigenvalue weighted by Crippen LogP contribution is -2.25. The maximum atomic E-state index is 11.5. The minimum Gasteiger partial charge on any atom is -0.480 e. The second-order valence-corrected chi connectivity index (χ2v) is 3.83. The molecule has 0 aliphatic heterocycles. The molecule has 1 heterocycles. The Morgan fingerprint density at radius 1 is 1.41 bits per heavy atom. The Morgan fingerprint density at radius 2 is 2.18 bits per heavy atom. The number of nitrogens with zero attached hydrogens (tertiary/aromatic N) is 1. The van der Waals surface area contributed by atoms with E-state index in [0.717, 1.165) is 11.1 Å². The number of carboxylic acids is 1. The Balaban J connectivity index is 2.45. The fourth-order valence-corrected chi connectivity index (χ4v) is 1.71. The molecule has 5 nitrogen and oxygen atoms in total. The van der Waals surface area contributed by atoms with Gasteiger partial charge in [0.05, 0.1) is 0 Å². The number of fused-ring (bicyclic) bond motifs is 1. The van der Waals surface area contributed by atoms with Crippen molar-refractivity contribution in [3.05, 3.63) is 40.8 Å². The number of hydrogen-bond donors (Lipinski definition) is 2. The molecule has 0 amide bonds. The SMILES string of the molecule is CN(CC(=O)O)c1ccc2c(=O)[nH]ccc2c1. The van der Waals surface area contributed by atoms with Crippen molar-refractivity contribution >= 4 is 22.4 Å². The van der Waals surface area contributed by atoms with Crippen LogP contribution in [0.4, 0.5) is 5.69 Å². The van der Waals surface area contributed by atoms with Crippen molar-refractivity contribution in [2.75, 3.05) is 18.5 Å². The lowest BCUT2D eigenvalue weighted by atomic mass is 10.1. The number of nitrogens with one attached hydrogen (secondary N) is 1. The van der Waals surface area contributed by atoms with Crippen LogP contribution in [0.15, 0.2) is 35.3 Å². The molecule has 0 fully saturated rings. The number of carbonyl (C=O) groups is 1. The predicted molar refractivity (Wildman–Crippen MR) is 65.5 cm³/mol. The molecule has 2 N–H and O–H groups in total. The zero-order valence-corrected chi connectivity index (χ0v) is 9.30. The van der Waals surface area contributed by atoms with Crippen molar-refractivity contribution in [3.63, 3.8) is 0 Å². The van der Waals surface area contributed by atoms with Gasteiger partial charge in [-0.3, -0.25) is 9.59 Å². The van der Waals surface area contributed by atoms with Crippen LogP contribution in [0.3, 0.4) is 0 Å². The number of rotatable bonds is 3. The smallest absolute Gasteiger partial charge is 0.323 e. The van der Waals surface area contributed by atoms with E-state index in [9.17, 15) is 9.59 Å². The molecule has 0 spiro atoms. The van der Waals surface area contributed by atoms with Crippen molar-refractivity contribution in [2.24, 2.45) is 0 Å². The highest BCUT2D eigenvalue weighted by atomic mass is 16.4. The highest BCUT2D eigenvalue weighted by Crippen LogP contribution is 2.18. The minimum atomic E-state index is -0.890. The summed E-state index contributed by atoms with van der Waals surface area (Å²) in [7, 11) is 1.70. The summed E-state index contributed by atoms with van der Waals surface area (Å²) in [6.07, 6.45) is 1.58. The summed E-state index contributed by atoms with van der Waals surface area (Å²) in [6.45, 7) is -0.0747. The first kappa shape index (κ1) is 11.2. The Kier molecular flexibility index (Phi) is 2.82. The van der Waals surface area contributed by atoms with Crippen LogP contribution in [0.5, 0.6) is 0 Å². The van der Waals surface area contributed by atoms with E-state index < -0.39 is 5.97 Å². The van der Waals surface area contributed by atoms with Crippen LogP contribution in [-0.4, -0.2) is 29.7 Å². The van der Waals surface area contributed by atoms with Crippen molar-refractivity contribution in [1.29, 1.82) is 0 Å². The molecule has 0 aliphatic rings. The quantitative estimate of drug-likeness (QED) is 0.829. The number of pyridine rings is 1. The van der Waals surface area contributed by atoms with Crippen LogP contribution in [0.25, 0.3) is 10.8 Å². The van der Waals surface area contributed by atoms with Gasteiger partial charge >= 0.3 is 5.97 Å². The minimum absolute atomic E-state index is 0.0747.